The number of amides is 2. The Morgan fingerprint density at radius 3 is 1.47 bits per heavy atom. The van der Waals surface area contributed by atoms with E-state index >= 15 is 0 Å². The van der Waals surface area contributed by atoms with Gasteiger partial charge >= 0.3 is 12.1 Å². The Morgan fingerprint density at radius 2 is 1.07 bits per heavy atom. The highest BCUT2D eigenvalue weighted by molar-refractivity contribution is 5.84. The Hall–Kier alpha value is -4.32. The molecular weight excluding hydrogens is 573 g/mol. The summed E-state index contributed by atoms with van der Waals surface area (Å²) < 4.78 is 58.8. The Morgan fingerprint density at radius 1 is 0.674 bits per heavy atom. The summed E-state index contributed by atoms with van der Waals surface area (Å²) in [7, 11) is 0. The molecule has 0 aromatic heterocycles. The van der Waals surface area contributed by atoms with E-state index in [0.29, 0.717) is 39.3 Å². The van der Waals surface area contributed by atoms with Crippen LogP contribution in [0.2, 0.25) is 0 Å². The van der Waals surface area contributed by atoms with Crippen molar-refractivity contribution in [2.75, 3.05) is 26.2 Å². The summed E-state index contributed by atoms with van der Waals surface area (Å²) in [5, 5.41) is 7.12. The smallest absolute Gasteiger partial charge is 0.475 e. The Kier molecular flexibility index (Phi) is 10.1. The van der Waals surface area contributed by atoms with E-state index in [0.717, 1.165) is 11.1 Å². The molecule has 1 fully saturated rings. The number of nitrogens with zero attached hydrogens (tertiary/aromatic N) is 3. The molecule has 0 aliphatic carbocycles. The van der Waals surface area contributed by atoms with Gasteiger partial charge in [-0.1, -0.05) is 48.5 Å². The third-order valence-electron chi connectivity index (χ3n) is 7.39. The van der Waals surface area contributed by atoms with Crippen LogP contribution >= 0.6 is 0 Å². The summed E-state index contributed by atoms with van der Waals surface area (Å²) in [6.45, 7) is 3.55. The number of hydrogen-bond donors (Lipinski definition) is 1. The summed E-state index contributed by atoms with van der Waals surface area (Å²) in [6.07, 6.45) is -4.67. The van der Waals surface area contributed by atoms with Gasteiger partial charge in [-0.25, -0.2) is 13.6 Å². The zero-order valence-corrected chi connectivity index (χ0v) is 23.1. The Balaban J connectivity index is 0.000000541. The standard InChI is InChI=1S/C29H29F2N3O2.C2HF3O2/c30-25-9-5-21(6-10-25)29(22-7-11-26(31)12-8-22)33-17-15-32(16-18-33)27(35)13-14-28(36)34-19-23-3-1-2-4-24(23)20-34;3-2(4,5)1(6)7/h1-12,29H,13-20H2;(H,6,7). The molecule has 0 radical (unpaired) electrons. The molecular formula is C31H30F5N3O4. The number of halogens is 5. The van der Waals surface area contributed by atoms with Crippen LogP contribution in [0, 0.1) is 11.6 Å². The molecule has 0 bridgehead atoms. The minimum absolute atomic E-state index is 0.00543. The van der Waals surface area contributed by atoms with Crippen LogP contribution in [0.25, 0.3) is 0 Å². The minimum atomic E-state index is -5.08. The second-order valence-corrected chi connectivity index (χ2v) is 10.2. The zero-order chi connectivity index (χ0) is 31.1. The average molecular weight is 604 g/mol. The quantitative estimate of drug-likeness (QED) is 0.394. The van der Waals surface area contributed by atoms with Gasteiger partial charge in [0, 0.05) is 52.1 Å². The molecule has 3 aromatic rings. The Labute approximate surface area is 245 Å². The summed E-state index contributed by atoms with van der Waals surface area (Å²) >= 11 is 0. The minimum Gasteiger partial charge on any atom is -0.475 e. The van der Waals surface area contributed by atoms with Gasteiger partial charge in [-0.15, -0.1) is 0 Å². The van der Waals surface area contributed by atoms with Crippen molar-refractivity contribution in [3.8, 4) is 0 Å². The van der Waals surface area contributed by atoms with Crippen molar-refractivity contribution in [1.29, 1.82) is 0 Å². The van der Waals surface area contributed by atoms with Crippen LogP contribution in [0.5, 0.6) is 0 Å². The topological polar surface area (TPSA) is 81.2 Å². The van der Waals surface area contributed by atoms with E-state index in [-0.39, 0.29) is 42.3 Å². The van der Waals surface area contributed by atoms with Crippen LogP contribution in [0.15, 0.2) is 72.8 Å². The molecule has 1 N–H and O–H groups in total. The number of carboxylic acids is 1. The number of carbonyl (C=O) groups excluding carboxylic acids is 2. The average Bonchev–Trinajstić information content (AvgIpc) is 3.43. The first-order valence-electron chi connectivity index (χ1n) is 13.6. The predicted molar refractivity (Wildman–Crippen MR) is 146 cm³/mol. The van der Waals surface area contributed by atoms with Gasteiger partial charge in [0.2, 0.25) is 11.8 Å². The molecule has 2 aliphatic heterocycles. The number of fused-ring (bicyclic) bond motifs is 1. The van der Waals surface area contributed by atoms with E-state index < -0.39 is 12.1 Å². The van der Waals surface area contributed by atoms with Crippen molar-refractivity contribution in [2.45, 2.75) is 38.1 Å². The summed E-state index contributed by atoms with van der Waals surface area (Å²) in [4.78, 5) is 40.3. The van der Waals surface area contributed by atoms with Crippen LogP contribution in [0.1, 0.15) is 41.1 Å². The molecule has 2 heterocycles. The maximum atomic E-state index is 13.6. The van der Waals surface area contributed by atoms with Gasteiger partial charge in [0.25, 0.3) is 0 Å². The molecule has 7 nitrogen and oxygen atoms in total. The van der Waals surface area contributed by atoms with Gasteiger partial charge in [-0.05, 0) is 46.5 Å². The van der Waals surface area contributed by atoms with Crippen LogP contribution < -0.4 is 0 Å². The van der Waals surface area contributed by atoms with Gasteiger partial charge < -0.3 is 14.9 Å². The number of hydrogen-bond acceptors (Lipinski definition) is 4. The van der Waals surface area contributed by atoms with Crippen molar-refractivity contribution in [3.05, 3.63) is 107 Å². The van der Waals surface area contributed by atoms with E-state index in [1.165, 1.54) is 35.4 Å². The fourth-order valence-corrected chi connectivity index (χ4v) is 5.17. The number of alkyl halides is 3. The van der Waals surface area contributed by atoms with E-state index in [2.05, 4.69) is 4.90 Å². The third kappa shape index (κ3) is 8.38. The lowest BCUT2D eigenvalue weighted by Crippen LogP contribution is -2.50. The summed E-state index contributed by atoms with van der Waals surface area (Å²) in [6, 6.07) is 20.6. The van der Waals surface area contributed by atoms with E-state index in [9.17, 15) is 31.5 Å². The monoisotopic (exact) mass is 603 g/mol. The molecule has 0 spiro atoms. The van der Waals surface area contributed by atoms with E-state index in [1.54, 1.807) is 24.3 Å². The highest BCUT2D eigenvalue weighted by atomic mass is 19.4. The van der Waals surface area contributed by atoms with Crippen molar-refractivity contribution in [1.82, 2.24) is 14.7 Å². The normalized spacial score (nSPS) is 15.1. The molecule has 228 valence electrons. The van der Waals surface area contributed by atoms with Gasteiger partial charge in [-0.3, -0.25) is 14.5 Å². The zero-order valence-electron chi connectivity index (χ0n) is 23.1. The second kappa shape index (κ2) is 13.8. The SMILES string of the molecule is O=C(CCC(=O)N1Cc2ccccc2C1)N1CCN(C(c2ccc(F)cc2)c2ccc(F)cc2)CC1.O=C(O)C(F)(F)F. The molecule has 12 heteroatoms. The lowest BCUT2D eigenvalue weighted by Gasteiger charge is -2.40. The van der Waals surface area contributed by atoms with Gasteiger partial charge in [0.15, 0.2) is 0 Å². The van der Waals surface area contributed by atoms with Gasteiger partial charge in [0.05, 0.1) is 6.04 Å². The van der Waals surface area contributed by atoms with E-state index in [4.69, 9.17) is 9.90 Å². The van der Waals surface area contributed by atoms with Gasteiger partial charge in [-0.2, -0.15) is 13.2 Å². The van der Waals surface area contributed by atoms with Crippen molar-refractivity contribution in [3.63, 3.8) is 0 Å². The number of piperazine rings is 1. The second-order valence-electron chi connectivity index (χ2n) is 10.2. The fourth-order valence-electron chi connectivity index (χ4n) is 5.17. The first kappa shape index (κ1) is 31.6. The molecule has 5 rings (SSSR count). The number of benzene rings is 3. The summed E-state index contributed by atoms with van der Waals surface area (Å²) in [5.41, 5.74) is 4.18. The van der Waals surface area contributed by atoms with Gasteiger partial charge in [0.1, 0.15) is 11.6 Å². The lowest BCUT2D eigenvalue weighted by atomic mass is 9.96. The molecule has 0 atom stereocenters. The molecule has 0 unspecified atom stereocenters. The molecule has 43 heavy (non-hydrogen) atoms. The number of aliphatic carboxylic acids is 1. The van der Waals surface area contributed by atoms with E-state index in [1.807, 2.05) is 34.1 Å². The fraction of sp³-hybridized carbons (Fsp3) is 0.323. The third-order valence-corrected chi connectivity index (χ3v) is 7.39. The lowest BCUT2D eigenvalue weighted by molar-refractivity contribution is -0.192. The number of rotatable bonds is 6. The van der Waals surface area contributed by atoms with Crippen molar-refractivity contribution >= 4 is 17.8 Å². The Bertz CT molecular complexity index is 1350. The summed E-state index contributed by atoms with van der Waals surface area (Å²) in [5.74, 6) is -3.38. The predicted octanol–water partition coefficient (Wildman–Crippen LogP) is 5.15. The molecule has 0 saturated carbocycles. The van der Waals surface area contributed by atoms with Crippen molar-refractivity contribution in [2.24, 2.45) is 0 Å². The van der Waals surface area contributed by atoms with Crippen LogP contribution in [-0.2, 0) is 27.5 Å². The number of carboxylic acid groups (broad SMARTS) is 1. The highest BCUT2D eigenvalue weighted by Gasteiger charge is 2.38. The number of carbonyl (C=O) groups is 3. The maximum absolute atomic E-state index is 13.6. The molecule has 1 saturated heterocycles. The van der Waals surface area contributed by atoms with Crippen LogP contribution in [0.3, 0.4) is 0 Å². The largest absolute Gasteiger partial charge is 0.490 e. The van der Waals surface area contributed by atoms with Crippen LogP contribution in [0.4, 0.5) is 22.0 Å². The van der Waals surface area contributed by atoms with Crippen molar-refractivity contribution < 1.29 is 41.4 Å². The van der Waals surface area contributed by atoms with Crippen LogP contribution in [-0.4, -0.2) is 69.9 Å². The first-order valence-corrected chi connectivity index (χ1v) is 13.6. The molecule has 2 aliphatic rings. The highest BCUT2D eigenvalue weighted by Crippen LogP contribution is 2.30. The molecule has 2 amide bonds. The maximum Gasteiger partial charge on any atom is 0.490 e. The first-order chi connectivity index (χ1) is 20.4. The molecule has 3 aromatic carbocycles.